The van der Waals surface area contributed by atoms with Crippen molar-refractivity contribution in [2.45, 2.75) is 38.8 Å². The Labute approximate surface area is 183 Å². The Bertz CT molecular complexity index is 1070. The highest BCUT2D eigenvalue weighted by molar-refractivity contribution is 6.40. The molecule has 0 aromatic heterocycles. The summed E-state index contributed by atoms with van der Waals surface area (Å²) in [5, 5.41) is 19.6. The van der Waals surface area contributed by atoms with Crippen LogP contribution in [0, 0.1) is 5.82 Å². The van der Waals surface area contributed by atoms with Gasteiger partial charge in [-0.15, -0.1) is 0 Å². The number of benzene rings is 2. The van der Waals surface area contributed by atoms with Crippen molar-refractivity contribution in [3.63, 3.8) is 0 Å². The van der Waals surface area contributed by atoms with Gasteiger partial charge in [-0.05, 0) is 56.5 Å². The number of carbonyl (C=O) groups excluding carboxylic acids is 1. The molecule has 1 aliphatic heterocycles. The highest BCUT2D eigenvalue weighted by atomic mass is 35.5. The van der Waals surface area contributed by atoms with E-state index in [9.17, 15) is 24.2 Å². The predicted molar refractivity (Wildman–Crippen MR) is 113 cm³/mol. The van der Waals surface area contributed by atoms with E-state index in [1.807, 2.05) is 0 Å². The van der Waals surface area contributed by atoms with Gasteiger partial charge in [0.1, 0.15) is 5.82 Å². The molecule has 30 heavy (non-hydrogen) atoms. The summed E-state index contributed by atoms with van der Waals surface area (Å²) in [6.45, 7) is 4.92. The Morgan fingerprint density at radius 1 is 1.27 bits per heavy atom. The molecule has 1 atom stereocenters. The third-order valence-corrected chi connectivity index (χ3v) is 6.09. The number of fused-ring (bicyclic) bond motifs is 1. The standard InChI is InChI=1S/C21H21Cl2FN2O4/c1-9-11-7-14(22)17(20(28)29)18(23)10(11)4-5-26(9)19(27)12-6-13(21(2,3)30)16(25)8-15(12)24/h6-9,30H,4-5,25H2,1-3H3,(H,28,29). The normalized spacial score (nSPS) is 16.4. The van der Waals surface area contributed by atoms with E-state index in [1.165, 1.54) is 30.9 Å². The van der Waals surface area contributed by atoms with Gasteiger partial charge in [-0.2, -0.15) is 0 Å². The fourth-order valence-corrected chi connectivity index (χ4v) is 4.54. The molecule has 3 rings (SSSR count). The number of nitrogen functional groups attached to an aromatic ring is 1. The summed E-state index contributed by atoms with van der Waals surface area (Å²) in [4.78, 5) is 26.1. The summed E-state index contributed by atoms with van der Waals surface area (Å²) in [7, 11) is 0. The minimum Gasteiger partial charge on any atom is -0.478 e. The molecule has 4 N–H and O–H groups in total. The number of aromatic carboxylic acids is 1. The molecule has 0 saturated carbocycles. The van der Waals surface area contributed by atoms with Gasteiger partial charge in [0, 0.05) is 17.8 Å². The number of carboxylic acid groups (broad SMARTS) is 1. The summed E-state index contributed by atoms with van der Waals surface area (Å²) in [6.07, 6.45) is 0.288. The number of carbonyl (C=O) groups is 2. The summed E-state index contributed by atoms with van der Waals surface area (Å²) in [5.74, 6) is -2.60. The maximum atomic E-state index is 14.6. The predicted octanol–water partition coefficient (Wildman–Crippen LogP) is 4.40. The van der Waals surface area contributed by atoms with Gasteiger partial charge in [0.25, 0.3) is 5.91 Å². The third kappa shape index (κ3) is 3.73. The van der Waals surface area contributed by atoms with Crippen LogP contribution in [0.1, 0.15) is 64.2 Å². The summed E-state index contributed by atoms with van der Waals surface area (Å²) in [6, 6.07) is 3.25. The molecule has 0 radical (unpaired) electrons. The highest BCUT2D eigenvalue weighted by Crippen LogP contribution is 2.40. The zero-order chi connectivity index (χ0) is 22.5. The van der Waals surface area contributed by atoms with Crippen LogP contribution in [-0.2, 0) is 12.0 Å². The summed E-state index contributed by atoms with van der Waals surface area (Å²) < 4.78 is 14.6. The number of rotatable bonds is 3. The van der Waals surface area contributed by atoms with Crippen molar-refractivity contribution >= 4 is 40.8 Å². The van der Waals surface area contributed by atoms with Crippen molar-refractivity contribution in [3.8, 4) is 0 Å². The molecule has 160 valence electrons. The molecule has 1 heterocycles. The molecule has 0 aliphatic carbocycles. The molecular weight excluding hydrogens is 434 g/mol. The molecule has 1 unspecified atom stereocenters. The van der Waals surface area contributed by atoms with Gasteiger partial charge in [-0.3, -0.25) is 4.79 Å². The average molecular weight is 455 g/mol. The molecular formula is C21H21Cl2FN2O4. The second kappa shape index (κ2) is 7.72. The lowest BCUT2D eigenvalue weighted by atomic mass is 9.90. The fraction of sp³-hybridized carbons (Fsp3) is 0.333. The SMILES string of the molecule is CC1c2cc(Cl)c(C(=O)O)c(Cl)c2CCN1C(=O)c1cc(C(C)(C)O)c(N)cc1F. The molecule has 0 saturated heterocycles. The van der Waals surface area contributed by atoms with Gasteiger partial charge in [-0.1, -0.05) is 23.2 Å². The van der Waals surface area contributed by atoms with E-state index in [4.69, 9.17) is 28.9 Å². The second-order valence-corrected chi connectivity index (χ2v) is 8.61. The Morgan fingerprint density at radius 2 is 1.90 bits per heavy atom. The van der Waals surface area contributed by atoms with E-state index in [2.05, 4.69) is 0 Å². The van der Waals surface area contributed by atoms with E-state index in [-0.39, 0.29) is 45.4 Å². The first-order valence-electron chi connectivity index (χ1n) is 9.21. The van der Waals surface area contributed by atoms with E-state index < -0.39 is 29.3 Å². The van der Waals surface area contributed by atoms with Crippen molar-refractivity contribution in [2.75, 3.05) is 12.3 Å². The van der Waals surface area contributed by atoms with Crippen molar-refractivity contribution in [1.82, 2.24) is 4.90 Å². The third-order valence-electron chi connectivity index (χ3n) is 5.38. The molecule has 2 aromatic rings. The first-order valence-corrected chi connectivity index (χ1v) is 9.97. The highest BCUT2D eigenvalue weighted by Gasteiger charge is 2.34. The maximum Gasteiger partial charge on any atom is 0.338 e. The molecule has 0 spiro atoms. The number of amides is 1. The zero-order valence-electron chi connectivity index (χ0n) is 16.6. The Hall–Kier alpha value is -2.35. The van der Waals surface area contributed by atoms with Crippen molar-refractivity contribution < 1.29 is 24.2 Å². The van der Waals surface area contributed by atoms with Crippen LogP contribution in [0.15, 0.2) is 18.2 Å². The van der Waals surface area contributed by atoms with Crippen LogP contribution in [0.5, 0.6) is 0 Å². The van der Waals surface area contributed by atoms with Gasteiger partial charge in [0.15, 0.2) is 0 Å². The Balaban J connectivity index is 2.04. The van der Waals surface area contributed by atoms with Gasteiger partial charge in [-0.25, -0.2) is 9.18 Å². The first kappa shape index (κ1) is 22.3. The Kier molecular flexibility index (Phi) is 5.75. The second-order valence-electron chi connectivity index (χ2n) is 7.82. The number of nitrogens with two attached hydrogens (primary N) is 1. The number of aliphatic hydroxyl groups is 1. The van der Waals surface area contributed by atoms with Crippen LogP contribution < -0.4 is 5.73 Å². The number of halogens is 3. The van der Waals surface area contributed by atoms with E-state index in [0.29, 0.717) is 11.1 Å². The topological polar surface area (TPSA) is 104 Å². The van der Waals surface area contributed by atoms with Crippen LogP contribution >= 0.6 is 23.2 Å². The molecule has 0 bridgehead atoms. The van der Waals surface area contributed by atoms with Gasteiger partial charge in [0.05, 0.1) is 32.8 Å². The van der Waals surface area contributed by atoms with Gasteiger partial charge in [0.2, 0.25) is 0 Å². The van der Waals surface area contributed by atoms with Crippen LogP contribution in [0.3, 0.4) is 0 Å². The van der Waals surface area contributed by atoms with Crippen LogP contribution in [-0.4, -0.2) is 33.5 Å². The number of hydrogen-bond donors (Lipinski definition) is 3. The number of anilines is 1. The summed E-state index contributed by atoms with van der Waals surface area (Å²) >= 11 is 12.4. The largest absolute Gasteiger partial charge is 0.478 e. The van der Waals surface area contributed by atoms with Crippen LogP contribution in [0.2, 0.25) is 10.0 Å². The van der Waals surface area contributed by atoms with E-state index in [0.717, 1.165) is 6.07 Å². The summed E-state index contributed by atoms with van der Waals surface area (Å²) in [5.41, 5.74) is 5.57. The first-order chi connectivity index (χ1) is 13.8. The lowest BCUT2D eigenvalue weighted by Crippen LogP contribution is -2.39. The van der Waals surface area contributed by atoms with Crippen molar-refractivity contribution in [1.29, 1.82) is 0 Å². The van der Waals surface area contributed by atoms with Gasteiger partial charge >= 0.3 is 5.97 Å². The van der Waals surface area contributed by atoms with E-state index in [1.54, 1.807) is 6.92 Å². The smallest absolute Gasteiger partial charge is 0.338 e. The Morgan fingerprint density at radius 3 is 2.47 bits per heavy atom. The average Bonchev–Trinajstić information content (AvgIpc) is 2.61. The molecule has 6 nitrogen and oxygen atoms in total. The molecule has 0 fully saturated rings. The van der Waals surface area contributed by atoms with Crippen LogP contribution in [0.4, 0.5) is 10.1 Å². The lowest BCUT2D eigenvalue weighted by Gasteiger charge is -2.36. The molecule has 9 heteroatoms. The fourth-order valence-electron chi connectivity index (χ4n) is 3.81. The minimum atomic E-state index is -1.36. The van der Waals surface area contributed by atoms with Crippen molar-refractivity contribution in [3.05, 3.63) is 61.9 Å². The molecule has 1 amide bonds. The maximum absolute atomic E-state index is 14.6. The zero-order valence-corrected chi connectivity index (χ0v) is 18.1. The molecule has 2 aromatic carbocycles. The van der Waals surface area contributed by atoms with Gasteiger partial charge < -0.3 is 20.8 Å². The molecule has 1 aliphatic rings. The quantitative estimate of drug-likeness (QED) is 0.596. The number of carboxylic acids is 1. The number of hydrogen-bond acceptors (Lipinski definition) is 4. The van der Waals surface area contributed by atoms with Crippen LogP contribution in [0.25, 0.3) is 0 Å². The monoisotopic (exact) mass is 454 g/mol. The lowest BCUT2D eigenvalue weighted by molar-refractivity contribution is 0.0661. The van der Waals surface area contributed by atoms with E-state index >= 15 is 0 Å². The number of nitrogens with zero attached hydrogens (tertiary/aromatic N) is 1. The minimum absolute atomic E-state index is 0.0321. The van der Waals surface area contributed by atoms with Crippen molar-refractivity contribution in [2.24, 2.45) is 0 Å².